The van der Waals surface area contributed by atoms with Gasteiger partial charge in [-0.2, -0.15) is 0 Å². The molecule has 25 heavy (non-hydrogen) atoms. The summed E-state index contributed by atoms with van der Waals surface area (Å²) in [6.45, 7) is 9.15. The van der Waals surface area contributed by atoms with Crippen molar-refractivity contribution in [3.05, 3.63) is 0 Å². The first-order valence-corrected chi connectivity index (χ1v) is 9.11. The Morgan fingerprint density at radius 2 is 1.68 bits per heavy atom. The highest BCUT2D eigenvalue weighted by Gasteiger charge is 2.14. The molecule has 0 aliphatic carbocycles. The quantitative estimate of drug-likeness (QED) is 0.463. The van der Waals surface area contributed by atoms with Gasteiger partial charge in [0.25, 0.3) is 0 Å². The van der Waals surface area contributed by atoms with Crippen LogP contribution in [0.3, 0.4) is 0 Å². The lowest BCUT2D eigenvalue weighted by Crippen LogP contribution is -2.41. The predicted molar refractivity (Wildman–Crippen MR) is 98.2 cm³/mol. The summed E-state index contributed by atoms with van der Waals surface area (Å²) >= 11 is 0. The number of unbranched alkanes of at least 4 members (excludes halogenated alkanes) is 1. The summed E-state index contributed by atoms with van der Waals surface area (Å²) in [7, 11) is 0. The average Bonchev–Trinajstić information content (AvgIpc) is 2.55. The first-order valence-electron chi connectivity index (χ1n) is 9.11. The first-order chi connectivity index (χ1) is 11.7. The molecule has 7 heteroatoms. The molecule has 0 bridgehead atoms. The second kappa shape index (κ2) is 12.7. The minimum Gasteiger partial charge on any atom is -0.449 e. The van der Waals surface area contributed by atoms with Gasteiger partial charge in [-0.15, -0.1) is 0 Å². The number of hydrogen-bond acceptors (Lipinski definition) is 5. The number of amides is 2. The minimum atomic E-state index is -0.560. The van der Waals surface area contributed by atoms with Crippen LogP contribution >= 0.6 is 0 Å². The molecule has 0 fully saturated rings. The minimum absolute atomic E-state index is 0.0543. The zero-order chi connectivity index (χ0) is 19.3. The summed E-state index contributed by atoms with van der Waals surface area (Å²) in [6.07, 6.45) is 3.27. The first kappa shape index (κ1) is 23.4. The number of carbonyl (C=O) groups is 3. The van der Waals surface area contributed by atoms with E-state index in [0.29, 0.717) is 45.4 Å². The van der Waals surface area contributed by atoms with Crippen LogP contribution in [0, 0.1) is 5.41 Å². The van der Waals surface area contributed by atoms with Crippen LogP contribution in [0.2, 0.25) is 0 Å². The molecule has 1 atom stereocenters. The molecule has 0 saturated carbocycles. The molecule has 0 spiro atoms. The number of alkyl carbamates (subject to hydrolysis) is 1. The van der Waals surface area contributed by atoms with Crippen LogP contribution < -0.4 is 16.4 Å². The van der Waals surface area contributed by atoms with E-state index in [1.807, 2.05) is 27.7 Å². The number of hydrogen-bond donors (Lipinski definition) is 3. The second-order valence-corrected chi connectivity index (χ2v) is 7.45. The number of nitrogens with two attached hydrogens (primary N) is 1. The van der Waals surface area contributed by atoms with Crippen molar-refractivity contribution >= 4 is 17.8 Å². The van der Waals surface area contributed by atoms with Gasteiger partial charge >= 0.3 is 6.09 Å². The second-order valence-electron chi connectivity index (χ2n) is 7.45. The summed E-state index contributed by atoms with van der Waals surface area (Å²) in [6, 6.07) is -0.560. The molecule has 0 aliphatic heterocycles. The third kappa shape index (κ3) is 14.4. The van der Waals surface area contributed by atoms with Crippen molar-refractivity contribution in [3.8, 4) is 0 Å². The summed E-state index contributed by atoms with van der Waals surface area (Å²) < 4.78 is 5.09. The van der Waals surface area contributed by atoms with Gasteiger partial charge in [0, 0.05) is 25.9 Å². The van der Waals surface area contributed by atoms with E-state index in [-0.39, 0.29) is 17.1 Å². The number of ether oxygens (including phenoxy) is 1. The lowest BCUT2D eigenvalue weighted by Gasteiger charge is -2.18. The summed E-state index contributed by atoms with van der Waals surface area (Å²) in [5.74, 6) is 0.00793. The fourth-order valence-corrected chi connectivity index (χ4v) is 1.95. The molecule has 0 aliphatic rings. The fraction of sp³-hybridized carbons (Fsp3) is 0.833. The van der Waals surface area contributed by atoms with Gasteiger partial charge in [0.1, 0.15) is 5.78 Å². The predicted octanol–water partition coefficient (Wildman–Crippen LogP) is 2.13. The molecule has 0 rings (SSSR count). The Hall–Kier alpha value is -1.63. The Balaban J connectivity index is 3.65. The summed E-state index contributed by atoms with van der Waals surface area (Å²) in [5, 5.41) is 5.43. The molecule has 7 nitrogen and oxygen atoms in total. The molecule has 0 aromatic rings. The normalized spacial score (nSPS) is 12.4. The van der Waals surface area contributed by atoms with E-state index in [9.17, 15) is 14.4 Å². The van der Waals surface area contributed by atoms with Gasteiger partial charge < -0.3 is 21.1 Å². The Kier molecular flexibility index (Phi) is 11.9. The molecule has 146 valence electrons. The third-order valence-corrected chi connectivity index (χ3v) is 3.51. The average molecular weight is 357 g/mol. The van der Waals surface area contributed by atoms with Crippen molar-refractivity contribution < 1.29 is 19.1 Å². The van der Waals surface area contributed by atoms with E-state index >= 15 is 0 Å². The highest BCUT2D eigenvalue weighted by Crippen LogP contribution is 2.12. The van der Waals surface area contributed by atoms with Gasteiger partial charge in [0.05, 0.1) is 12.6 Å². The van der Waals surface area contributed by atoms with Crippen LogP contribution in [0.1, 0.15) is 66.2 Å². The fourth-order valence-electron chi connectivity index (χ4n) is 1.95. The van der Waals surface area contributed by atoms with Gasteiger partial charge in [0.2, 0.25) is 5.91 Å². The van der Waals surface area contributed by atoms with Crippen LogP contribution in [0.4, 0.5) is 4.79 Å². The number of carbonyl (C=O) groups excluding carboxylic acids is 3. The Bertz CT molecular complexity index is 419. The molecule has 4 N–H and O–H groups in total. The van der Waals surface area contributed by atoms with E-state index in [2.05, 4.69) is 10.6 Å². The van der Waals surface area contributed by atoms with Gasteiger partial charge in [-0.05, 0) is 31.1 Å². The van der Waals surface area contributed by atoms with Crippen LogP contribution in [0.25, 0.3) is 0 Å². The summed E-state index contributed by atoms with van der Waals surface area (Å²) in [5.41, 5.74) is 5.78. The van der Waals surface area contributed by atoms with E-state index in [1.165, 1.54) is 0 Å². The zero-order valence-corrected chi connectivity index (χ0v) is 16.2. The van der Waals surface area contributed by atoms with E-state index in [0.717, 1.165) is 12.8 Å². The van der Waals surface area contributed by atoms with Crippen molar-refractivity contribution in [3.63, 3.8) is 0 Å². The van der Waals surface area contributed by atoms with Crippen molar-refractivity contribution in [2.24, 2.45) is 11.1 Å². The van der Waals surface area contributed by atoms with Crippen LogP contribution in [0.5, 0.6) is 0 Å². The topological polar surface area (TPSA) is 111 Å². The molecule has 0 radical (unpaired) electrons. The van der Waals surface area contributed by atoms with E-state index in [4.69, 9.17) is 10.5 Å². The molecule has 0 saturated heterocycles. The maximum absolute atomic E-state index is 11.8. The molecular weight excluding hydrogens is 322 g/mol. The van der Waals surface area contributed by atoms with Crippen LogP contribution in [0.15, 0.2) is 0 Å². The standard InChI is InChI=1S/C18H35N3O4/c1-5-14(22)9-8-12-20-16(23)15(19)10-6-7-11-21-17(24)25-13-18(2,3)4/h15H,5-13,19H2,1-4H3,(H,20,23)(H,21,24). The molecule has 0 aromatic heterocycles. The monoisotopic (exact) mass is 357 g/mol. The van der Waals surface area contributed by atoms with E-state index < -0.39 is 12.1 Å². The molecule has 0 aromatic carbocycles. The molecular formula is C18H35N3O4. The largest absolute Gasteiger partial charge is 0.449 e. The Labute approximate surface area is 151 Å². The number of rotatable bonds is 12. The smallest absolute Gasteiger partial charge is 0.407 e. The van der Waals surface area contributed by atoms with Crippen LogP contribution in [-0.2, 0) is 14.3 Å². The molecule has 0 heterocycles. The van der Waals surface area contributed by atoms with Crippen molar-refractivity contribution in [1.82, 2.24) is 10.6 Å². The summed E-state index contributed by atoms with van der Waals surface area (Å²) in [4.78, 5) is 34.4. The molecule has 2 amide bonds. The van der Waals surface area contributed by atoms with Gasteiger partial charge in [0.15, 0.2) is 0 Å². The van der Waals surface area contributed by atoms with Gasteiger partial charge in [-0.3, -0.25) is 9.59 Å². The lowest BCUT2D eigenvalue weighted by atomic mass is 9.99. The third-order valence-electron chi connectivity index (χ3n) is 3.51. The van der Waals surface area contributed by atoms with Crippen LogP contribution in [-0.4, -0.2) is 43.5 Å². The Morgan fingerprint density at radius 1 is 1.04 bits per heavy atom. The van der Waals surface area contributed by atoms with Crippen molar-refractivity contribution in [2.75, 3.05) is 19.7 Å². The number of nitrogens with one attached hydrogen (secondary N) is 2. The van der Waals surface area contributed by atoms with Gasteiger partial charge in [-0.1, -0.05) is 27.7 Å². The maximum Gasteiger partial charge on any atom is 0.407 e. The Morgan fingerprint density at radius 3 is 2.28 bits per heavy atom. The number of ketones is 1. The van der Waals surface area contributed by atoms with Crippen molar-refractivity contribution in [1.29, 1.82) is 0 Å². The number of Topliss-reactive ketones (excluding diaryl/α,β-unsaturated/α-hetero) is 1. The van der Waals surface area contributed by atoms with E-state index in [1.54, 1.807) is 0 Å². The lowest BCUT2D eigenvalue weighted by molar-refractivity contribution is -0.123. The zero-order valence-electron chi connectivity index (χ0n) is 16.2. The van der Waals surface area contributed by atoms with Crippen molar-refractivity contribution in [2.45, 2.75) is 72.3 Å². The highest BCUT2D eigenvalue weighted by atomic mass is 16.5. The molecule has 1 unspecified atom stereocenters. The van der Waals surface area contributed by atoms with Gasteiger partial charge in [-0.25, -0.2) is 4.79 Å². The SMILES string of the molecule is CCC(=O)CCCNC(=O)C(N)CCCCNC(=O)OCC(C)(C)C. The highest BCUT2D eigenvalue weighted by molar-refractivity contribution is 5.81. The maximum atomic E-state index is 11.8.